The number of hydrogen-bond donors (Lipinski definition) is 0. The Balaban J connectivity index is 2.10. The van der Waals surface area contributed by atoms with Crippen LogP contribution in [0.2, 0.25) is 0 Å². The number of carbonyl (C=O) groups excluding carboxylic acids is 1. The van der Waals surface area contributed by atoms with E-state index in [-0.39, 0.29) is 6.61 Å². The summed E-state index contributed by atoms with van der Waals surface area (Å²) < 4.78 is 15.0. The van der Waals surface area contributed by atoms with Gasteiger partial charge in [-0.05, 0) is 18.1 Å². The van der Waals surface area contributed by atoms with Crippen molar-refractivity contribution in [3.63, 3.8) is 0 Å². The Bertz CT molecular complexity index is 321. The molecule has 17 heavy (non-hydrogen) atoms. The Labute approximate surface area is 101 Å². The second-order valence-corrected chi connectivity index (χ2v) is 3.98. The lowest BCUT2D eigenvalue weighted by Crippen LogP contribution is -2.15. The molecular weight excluding hydrogens is 220 g/mol. The van der Waals surface area contributed by atoms with Gasteiger partial charge in [-0.3, -0.25) is 0 Å². The SMILES string of the molecule is CC(C)COCCOC(=O)Oc1ccccc1. The van der Waals surface area contributed by atoms with E-state index in [9.17, 15) is 4.79 Å². The smallest absolute Gasteiger partial charge is 0.432 e. The van der Waals surface area contributed by atoms with Gasteiger partial charge in [0.15, 0.2) is 0 Å². The zero-order valence-electron chi connectivity index (χ0n) is 10.2. The van der Waals surface area contributed by atoms with Gasteiger partial charge in [-0.15, -0.1) is 0 Å². The zero-order chi connectivity index (χ0) is 12.5. The quantitative estimate of drug-likeness (QED) is 0.434. The van der Waals surface area contributed by atoms with Crippen LogP contribution >= 0.6 is 0 Å². The maximum absolute atomic E-state index is 11.2. The molecule has 4 heteroatoms. The van der Waals surface area contributed by atoms with Crippen LogP contribution in [0.5, 0.6) is 5.75 Å². The number of hydrogen-bond acceptors (Lipinski definition) is 4. The van der Waals surface area contributed by atoms with Gasteiger partial charge in [-0.25, -0.2) is 4.79 Å². The van der Waals surface area contributed by atoms with Gasteiger partial charge in [0, 0.05) is 6.61 Å². The van der Waals surface area contributed by atoms with Crippen LogP contribution in [-0.2, 0) is 9.47 Å². The lowest BCUT2D eigenvalue weighted by Gasteiger charge is -2.07. The number of para-hydroxylation sites is 1. The second-order valence-electron chi connectivity index (χ2n) is 3.98. The van der Waals surface area contributed by atoms with E-state index in [1.807, 2.05) is 6.07 Å². The molecule has 0 aromatic heterocycles. The van der Waals surface area contributed by atoms with E-state index < -0.39 is 6.16 Å². The number of carbonyl (C=O) groups is 1. The molecule has 0 unspecified atom stereocenters. The van der Waals surface area contributed by atoms with Crippen molar-refractivity contribution in [1.29, 1.82) is 0 Å². The summed E-state index contributed by atoms with van der Waals surface area (Å²) in [5.41, 5.74) is 0. The predicted octanol–water partition coefficient (Wildman–Crippen LogP) is 2.87. The van der Waals surface area contributed by atoms with Gasteiger partial charge in [-0.1, -0.05) is 32.0 Å². The van der Waals surface area contributed by atoms with Gasteiger partial charge in [0.05, 0.1) is 6.61 Å². The molecule has 0 heterocycles. The van der Waals surface area contributed by atoms with Crippen molar-refractivity contribution in [1.82, 2.24) is 0 Å². The summed E-state index contributed by atoms with van der Waals surface area (Å²) in [6, 6.07) is 8.80. The Morgan fingerprint density at radius 3 is 2.53 bits per heavy atom. The normalized spacial score (nSPS) is 10.3. The van der Waals surface area contributed by atoms with Gasteiger partial charge >= 0.3 is 6.16 Å². The minimum absolute atomic E-state index is 0.207. The van der Waals surface area contributed by atoms with Crippen molar-refractivity contribution in [2.75, 3.05) is 19.8 Å². The zero-order valence-corrected chi connectivity index (χ0v) is 10.2. The van der Waals surface area contributed by atoms with E-state index >= 15 is 0 Å². The van der Waals surface area contributed by atoms with E-state index in [4.69, 9.17) is 14.2 Å². The molecule has 0 saturated heterocycles. The van der Waals surface area contributed by atoms with Crippen molar-refractivity contribution in [2.24, 2.45) is 5.92 Å². The van der Waals surface area contributed by atoms with Crippen molar-refractivity contribution in [3.8, 4) is 5.75 Å². The maximum atomic E-state index is 11.2. The van der Waals surface area contributed by atoms with Gasteiger partial charge in [0.1, 0.15) is 12.4 Å². The topological polar surface area (TPSA) is 44.8 Å². The molecule has 4 nitrogen and oxygen atoms in total. The molecule has 0 atom stereocenters. The Kier molecular flexibility index (Phi) is 6.10. The fraction of sp³-hybridized carbons (Fsp3) is 0.462. The molecule has 94 valence electrons. The van der Waals surface area contributed by atoms with Crippen LogP contribution in [0.1, 0.15) is 13.8 Å². The van der Waals surface area contributed by atoms with Crippen LogP contribution in [0, 0.1) is 5.92 Å². The van der Waals surface area contributed by atoms with Crippen LogP contribution < -0.4 is 4.74 Å². The fourth-order valence-corrected chi connectivity index (χ4v) is 1.12. The number of ether oxygens (including phenoxy) is 3. The average Bonchev–Trinajstić information content (AvgIpc) is 2.29. The second kappa shape index (κ2) is 7.68. The average molecular weight is 238 g/mol. The first-order valence-electron chi connectivity index (χ1n) is 5.66. The molecule has 0 radical (unpaired) electrons. The molecule has 0 spiro atoms. The highest BCUT2D eigenvalue weighted by molar-refractivity contribution is 5.63. The van der Waals surface area contributed by atoms with Crippen LogP contribution in [-0.4, -0.2) is 26.0 Å². The minimum Gasteiger partial charge on any atom is -0.432 e. The Morgan fingerprint density at radius 1 is 1.18 bits per heavy atom. The van der Waals surface area contributed by atoms with Crippen LogP contribution in [0.4, 0.5) is 4.79 Å². The standard InChI is InChI=1S/C13H18O4/c1-11(2)10-15-8-9-16-13(14)17-12-6-4-3-5-7-12/h3-7,11H,8-10H2,1-2H3. The molecular formula is C13H18O4. The first kappa shape index (κ1) is 13.5. The van der Waals surface area contributed by atoms with Crippen molar-refractivity contribution >= 4 is 6.16 Å². The fourth-order valence-electron chi connectivity index (χ4n) is 1.12. The third-order valence-electron chi connectivity index (χ3n) is 1.84. The highest BCUT2D eigenvalue weighted by Gasteiger charge is 2.04. The van der Waals surface area contributed by atoms with E-state index in [1.165, 1.54) is 0 Å². The molecule has 1 aromatic rings. The molecule has 0 aliphatic carbocycles. The summed E-state index contributed by atoms with van der Waals surface area (Å²) in [6.07, 6.45) is -0.704. The molecule has 0 amide bonds. The Hall–Kier alpha value is -1.55. The lowest BCUT2D eigenvalue weighted by atomic mass is 10.2. The first-order valence-corrected chi connectivity index (χ1v) is 5.66. The lowest BCUT2D eigenvalue weighted by molar-refractivity contribution is 0.0438. The van der Waals surface area contributed by atoms with E-state index in [1.54, 1.807) is 24.3 Å². The molecule has 0 N–H and O–H groups in total. The highest BCUT2D eigenvalue weighted by atomic mass is 16.7. The van der Waals surface area contributed by atoms with Gasteiger partial charge in [0.2, 0.25) is 0 Å². The molecule has 0 aliphatic heterocycles. The van der Waals surface area contributed by atoms with Crippen LogP contribution in [0.25, 0.3) is 0 Å². The Morgan fingerprint density at radius 2 is 1.88 bits per heavy atom. The first-order chi connectivity index (χ1) is 8.18. The number of benzene rings is 1. The summed E-state index contributed by atoms with van der Waals surface area (Å²) in [6.45, 7) is 5.38. The van der Waals surface area contributed by atoms with E-state index in [0.29, 0.717) is 24.9 Å². The van der Waals surface area contributed by atoms with E-state index in [2.05, 4.69) is 13.8 Å². The molecule has 0 fully saturated rings. The summed E-state index contributed by atoms with van der Waals surface area (Å²) >= 11 is 0. The molecule has 0 bridgehead atoms. The van der Waals surface area contributed by atoms with Gasteiger partial charge < -0.3 is 14.2 Å². The largest absolute Gasteiger partial charge is 0.513 e. The number of rotatable bonds is 6. The molecule has 1 rings (SSSR count). The predicted molar refractivity (Wildman–Crippen MR) is 64.1 cm³/mol. The third-order valence-corrected chi connectivity index (χ3v) is 1.84. The maximum Gasteiger partial charge on any atom is 0.513 e. The highest BCUT2D eigenvalue weighted by Crippen LogP contribution is 2.08. The van der Waals surface area contributed by atoms with Crippen LogP contribution in [0.3, 0.4) is 0 Å². The molecule has 1 aromatic carbocycles. The molecule has 0 saturated carbocycles. The van der Waals surface area contributed by atoms with Crippen molar-refractivity contribution in [3.05, 3.63) is 30.3 Å². The molecule has 0 aliphatic rings. The minimum atomic E-state index is -0.704. The van der Waals surface area contributed by atoms with Crippen molar-refractivity contribution in [2.45, 2.75) is 13.8 Å². The third kappa shape index (κ3) is 6.58. The summed E-state index contributed by atoms with van der Waals surface area (Å²) in [5.74, 6) is 0.951. The van der Waals surface area contributed by atoms with Crippen molar-refractivity contribution < 1.29 is 19.0 Å². The summed E-state index contributed by atoms with van der Waals surface area (Å²) in [7, 11) is 0. The van der Waals surface area contributed by atoms with Gasteiger partial charge in [0.25, 0.3) is 0 Å². The summed E-state index contributed by atoms with van der Waals surface area (Å²) in [5, 5.41) is 0. The van der Waals surface area contributed by atoms with Crippen LogP contribution in [0.15, 0.2) is 30.3 Å². The van der Waals surface area contributed by atoms with E-state index in [0.717, 1.165) is 0 Å². The summed E-state index contributed by atoms with van der Waals surface area (Å²) in [4.78, 5) is 11.2. The monoisotopic (exact) mass is 238 g/mol. The van der Waals surface area contributed by atoms with Gasteiger partial charge in [-0.2, -0.15) is 0 Å².